The van der Waals surface area contributed by atoms with E-state index in [0.717, 1.165) is 0 Å². The second kappa shape index (κ2) is 5.98. The Morgan fingerprint density at radius 3 is 2.71 bits per heavy atom. The molecule has 0 aromatic heterocycles. The molecule has 0 unspecified atom stereocenters. The molecule has 0 radical (unpaired) electrons. The molecule has 1 aromatic carbocycles. The molecular formula is C12H14FNO3. The van der Waals surface area contributed by atoms with Crippen LogP contribution in [0.4, 0.5) is 4.39 Å². The van der Waals surface area contributed by atoms with Crippen LogP contribution >= 0.6 is 0 Å². The monoisotopic (exact) mass is 239 g/mol. The number of rotatable bonds is 5. The molecular weight excluding hydrogens is 225 g/mol. The fourth-order valence-corrected chi connectivity index (χ4v) is 1.62. The van der Waals surface area contributed by atoms with E-state index in [-0.39, 0.29) is 18.1 Å². The number of aliphatic carboxylic acids is 1. The van der Waals surface area contributed by atoms with Gasteiger partial charge in [0.25, 0.3) is 0 Å². The van der Waals surface area contributed by atoms with Crippen molar-refractivity contribution in [3.63, 3.8) is 0 Å². The molecule has 1 atom stereocenters. The maximum Gasteiger partial charge on any atom is 0.305 e. The van der Waals surface area contributed by atoms with Gasteiger partial charge in [0.05, 0.1) is 6.42 Å². The highest BCUT2D eigenvalue weighted by atomic mass is 19.1. The van der Waals surface area contributed by atoms with Crippen molar-refractivity contribution in [3.8, 4) is 0 Å². The second-order valence-electron chi connectivity index (χ2n) is 3.83. The largest absolute Gasteiger partial charge is 0.481 e. The number of hydrogen-bond acceptors (Lipinski definition) is 2. The number of carbonyl (C=O) groups excluding carboxylic acids is 1. The minimum absolute atomic E-state index is 0.184. The molecule has 0 fully saturated rings. The number of carboxylic acids is 1. The van der Waals surface area contributed by atoms with Crippen LogP contribution in [0.1, 0.15) is 18.9 Å². The van der Waals surface area contributed by atoms with Crippen LogP contribution < -0.4 is 5.32 Å². The van der Waals surface area contributed by atoms with Crippen LogP contribution in [0.15, 0.2) is 24.3 Å². The van der Waals surface area contributed by atoms with Gasteiger partial charge in [0, 0.05) is 13.0 Å². The van der Waals surface area contributed by atoms with Crippen molar-refractivity contribution in [3.05, 3.63) is 35.6 Å². The third-order valence-electron chi connectivity index (χ3n) is 2.20. The Hall–Kier alpha value is -1.91. The second-order valence-corrected chi connectivity index (χ2v) is 3.83. The Morgan fingerprint density at radius 1 is 1.47 bits per heavy atom. The van der Waals surface area contributed by atoms with Crippen LogP contribution in [-0.4, -0.2) is 23.0 Å². The number of carbonyl (C=O) groups is 2. The van der Waals surface area contributed by atoms with Crippen molar-refractivity contribution in [2.45, 2.75) is 25.8 Å². The summed E-state index contributed by atoms with van der Waals surface area (Å²) in [5.74, 6) is -1.67. The number of nitrogens with one attached hydrogen (secondary N) is 1. The standard InChI is InChI=1S/C12H14FNO3/c1-8(15)14-11(7-12(16)17)6-9-3-2-4-10(13)5-9/h2-5,11H,6-7H2,1H3,(H,14,15)(H,16,17)/t11-/m0/s1. The molecule has 0 aliphatic heterocycles. The van der Waals surface area contributed by atoms with Gasteiger partial charge in [0.2, 0.25) is 5.91 Å². The molecule has 1 rings (SSSR count). The van der Waals surface area contributed by atoms with Crippen LogP contribution in [-0.2, 0) is 16.0 Å². The molecule has 5 heteroatoms. The summed E-state index contributed by atoms with van der Waals surface area (Å²) in [7, 11) is 0. The van der Waals surface area contributed by atoms with Crippen molar-refractivity contribution in [2.24, 2.45) is 0 Å². The Morgan fingerprint density at radius 2 is 2.18 bits per heavy atom. The van der Waals surface area contributed by atoms with Crippen molar-refractivity contribution in [2.75, 3.05) is 0 Å². The van der Waals surface area contributed by atoms with Crippen LogP contribution in [0.2, 0.25) is 0 Å². The van der Waals surface area contributed by atoms with E-state index in [0.29, 0.717) is 12.0 Å². The van der Waals surface area contributed by atoms with Crippen molar-refractivity contribution in [1.82, 2.24) is 5.32 Å². The summed E-state index contributed by atoms with van der Waals surface area (Å²) in [6, 6.07) is 5.37. The molecule has 0 aliphatic carbocycles. The predicted octanol–water partition coefficient (Wildman–Crippen LogP) is 1.35. The molecule has 1 aromatic rings. The van der Waals surface area contributed by atoms with Gasteiger partial charge in [-0.2, -0.15) is 0 Å². The van der Waals surface area contributed by atoms with E-state index in [4.69, 9.17) is 5.11 Å². The Balaban J connectivity index is 2.71. The van der Waals surface area contributed by atoms with E-state index in [9.17, 15) is 14.0 Å². The lowest BCUT2D eigenvalue weighted by Gasteiger charge is -2.15. The Labute approximate surface area is 98.5 Å². The topological polar surface area (TPSA) is 66.4 Å². The van der Waals surface area contributed by atoms with Gasteiger partial charge in [0.1, 0.15) is 5.82 Å². The summed E-state index contributed by atoms with van der Waals surface area (Å²) in [5.41, 5.74) is 0.657. The van der Waals surface area contributed by atoms with E-state index in [1.165, 1.54) is 19.1 Å². The third kappa shape index (κ3) is 5.10. The first kappa shape index (κ1) is 13.2. The Kier molecular flexibility index (Phi) is 4.63. The van der Waals surface area contributed by atoms with Gasteiger partial charge >= 0.3 is 5.97 Å². The lowest BCUT2D eigenvalue weighted by Crippen LogP contribution is -2.36. The highest BCUT2D eigenvalue weighted by Crippen LogP contribution is 2.08. The summed E-state index contributed by atoms with van der Waals surface area (Å²) >= 11 is 0. The lowest BCUT2D eigenvalue weighted by molar-refractivity contribution is -0.137. The molecule has 0 saturated heterocycles. The lowest BCUT2D eigenvalue weighted by atomic mass is 10.0. The zero-order chi connectivity index (χ0) is 12.8. The van der Waals surface area contributed by atoms with E-state index in [2.05, 4.69) is 5.32 Å². The highest BCUT2D eigenvalue weighted by molar-refractivity contribution is 5.75. The average molecular weight is 239 g/mol. The molecule has 92 valence electrons. The normalized spacial score (nSPS) is 11.9. The smallest absolute Gasteiger partial charge is 0.305 e. The average Bonchev–Trinajstić information content (AvgIpc) is 2.14. The van der Waals surface area contributed by atoms with Crippen LogP contribution in [0.25, 0.3) is 0 Å². The van der Waals surface area contributed by atoms with E-state index < -0.39 is 12.0 Å². The molecule has 0 aliphatic rings. The maximum atomic E-state index is 12.9. The number of hydrogen-bond donors (Lipinski definition) is 2. The van der Waals surface area contributed by atoms with Gasteiger partial charge in [-0.25, -0.2) is 4.39 Å². The quantitative estimate of drug-likeness (QED) is 0.815. The summed E-state index contributed by atoms with van der Waals surface area (Å²) < 4.78 is 12.9. The minimum atomic E-state index is -1.000. The van der Waals surface area contributed by atoms with E-state index in [1.54, 1.807) is 12.1 Å². The fraction of sp³-hybridized carbons (Fsp3) is 0.333. The minimum Gasteiger partial charge on any atom is -0.481 e. The first-order valence-electron chi connectivity index (χ1n) is 5.20. The van der Waals surface area contributed by atoms with Crippen LogP contribution in [0, 0.1) is 5.82 Å². The number of carboxylic acid groups (broad SMARTS) is 1. The molecule has 1 amide bonds. The van der Waals surface area contributed by atoms with Gasteiger partial charge in [-0.05, 0) is 24.1 Å². The number of halogens is 1. The zero-order valence-electron chi connectivity index (χ0n) is 9.44. The molecule has 4 nitrogen and oxygen atoms in total. The molecule has 0 heterocycles. The molecule has 2 N–H and O–H groups in total. The van der Waals surface area contributed by atoms with Crippen molar-refractivity contribution < 1.29 is 19.1 Å². The van der Waals surface area contributed by atoms with Gasteiger partial charge in [0.15, 0.2) is 0 Å². The fourth-order valence-electron chi connectivity index (χ4n) is 1.62. The van der Waals surface area contributed by atoms with Gasteiger partial charge in [-0.1, -0.05) is 12.1 Å². The van der Waals surface area contributed by atoms with Gasteiger partial charge in [-0.3, -0.25) is 9.59 Å². The molecule has 0 bridgehead atoms. The third-order valence-corrected chi connectivity index (χ3v) is 2.20. The van der Waals surface area contributed by atoms with Crippen molar-refractivity contribution in [1.29, 1.82) is 0 Å². The predicted molar refractivity (Wildman–Crippen MR) is 60.0 cm³/mol. The molecule has 0 spiro atoms. The number of benzene rings is 1. The zero-order valence-corrected chi connectivity index (χ0v) is 9.44. The Bertz CT molecular complexity index is 404. The summed E-state index contributed by atoms with van der Waals surface area (Å²) in [4.78, 5) is 21.5. The highest BCUT2D eigenvalue weighted by Gasteiger charge is 2.15. The van der Waals surface area contributed by atoms with Gasteiger partial charge in [-0.15, -0.1) is 0 Å². The summed E-state index contributed by atoms with van der Waals surface area (Å²) in [5, 5.41) is 11.2. The maximum absolute atomic E-state index is 12.9. The van der Waals surface area contributed by atoms with E-state index >= 15 is 0 Å². The summed E-state index contributed by atoms with van der Waals surface area (Å²) in [6.45, 7) is 1.32. The molecule has 0 saturated carbocycles. The van der Waals surface area contributed by atoms with E-state index in [1.807, 2.05) is 0 Å². The SMILES string of the molecule is CC(=O)N[C@H](CC(=O)O)Cc1cccc(F)c1. The van der Waals surface area contributed by atoms with Crippen LogP contribution in [0.3, 0.4) is 0 Å². The van der Waals surface area contributed by atoms with Gasteiger partial charge < -0.3 is 10.4 Å². The first-order valence-corrected chi connectivity index (χ1v) is 5.20. The van der Waals surface area contributed by atoms with Crippen LogP contribution in [0.5, 0.6) is 0 Å². The van der Waals surface area contributed by atoms with Crippen molar-refractivity contribution >= 4 is 11.9 Å². The summed E-state index contributed by atoms with van der Waals surface area (Å²) in [6.07, 6.45) is 0.111. The number of amides is 1. The first-order chi connectivity index (χ1) is 7.97. The molecule has 17 heavy (non-hydrogen) atoms.